The minimum Gasteiger partial charge on any atom is -0.497 e. The zero-order chi connectivity index (χ0) is 19.9. The van der Waals surface area contributed by atoms with E-state index in [2.05, 4.69) is 5.32 Å². The van der Waals surface area contributed by atoms with Gasteiger partial charge in [-0.05, 0) is 18.1 Å². The molecule has 0 aliphatic rings. The molecule has 0 saturated heterocycles. The number of hydrogen-bond donors (Lipinski definition) is 2. The zero-order valence-corrected chi connectivity index (χ0v) is 16.1. The Hall–Kier alpha value is -2.29. The van der Waals surface area contributed by atoms with E-state index in [1.807, 2.05) is 0 Å². The number of ether oxygens (including phenoxy) is 2. The number of benzene rings is 1. The lowest BCUT2D eigenvalue weighted by atomic mass is 10.0. The van der Waals surface area contributed by atoms with Crippen LogP contribution in [0.15, 0.2) is 18.2 Å². The Kier molecular flexibility index (Phi) is 7.88. The van der Waals surface area contributed by atoms with E-state index in [0.29, 0.717) is 17.1 Å². The molecule has 0 aromatic heterocycles. The molecule has 146 valence electrons. The van der Waals surface area contributed by atoms with Gasteiger partial charge in [0.25, 0.3) is 0 Å². The molecule has 1 aromatic rings. The van der Waals surface area contributed by atoms with Crippen molar-refractivity contribution in [2.24, 2.45) is 5.92 Å². The monoisotopic (exact) mass is 387 g/mol. The Morgan fingerprint density at radius 3 is 2.35 bits per heavy atom. The van der Waals surface area contributed by atoms with Crippen molar-refractivity contribution >= 4 is 21.7 Å². The van der Waals surface area contributed by atoms with Crippen LogP contribution in [0.1, 0.15) is 31.9 Å². The molecule has 0 aliphatic heterocycles. The second-order valence-corrected chi connectivity index (χ2v) is 8.38. The SMILES string of the molecule is COc1ccc(C(CC(=O)O)NC(=O)CS(=O)(=O)CC(C)C)c(OC)c1. The number of nitrogens with one attached hydrogen (secondary N) is 1. The van der Waals surface area contributed by atoms with Crippen molar-refractivity contribution in [3.05, 3.63) is 23.8 Å². The summed E-state index contributed by atoms with van der Waals surface area (Å²) in [7, 11) is -0.689. The van der Waals surface area contributed by atoms with Crippen LogP contribution in [0, 0.1) is 5.92 Å². The van der Waals surface area contributed by atoms with Gasteiger partial charge in [-0.15, -0.1) is 0 Å². The van der Waals surface area contributed by atoms with Gasteiger partial charge >= 0.3 is 5.97 Å². The van der Waals surface area contributed by atoms with Crippen LogP contribution in [0.5, 0.6) is 11.5 Å². The second-order valence-electron chi connectivity index (χ2n) is 6.27. The molecule has 0 aliphatic carbocycles. The molecule has 1 atom stereocenters. The van der Waals surface area contributed by atoms with E-state index in [1.54, 1.807) is 32.0 Å². The zero-order valence-electron chi connectivity index (χ0n) is 15.3. The van der Waals surface area contributed by atoms with E-state index in [0.717, 1.165) is 0 Å². The van der Waals surface area contributed by atoms with E-state index in [4.69, 9.17) is 14.6 Å². The highest BCUT2D eigenvalue weighted by Gasteiger charge is 2.25. The first-order valence-electron chi connectivity index (χ1n) is 8.01. The summed E-state index contributed by atoms with van der Waals surface area (Å²) in [6.45, 7) is 3.48. The molecule has 2 N–H and O–H groups in total. The molecular formula is C17H25NO7S. The molecular weight excluding hydrogens is 362 g/mol. The predicted octanol–water partition coefficient (Wildman–Crippen LogP) is 1.41. The average Bonchev–Trinajstić information content (AvgIpc) is 2.51. The number of carboxylic acids is 1. The summed E-state index contributed by atoms with van der Waals surface area (Å²) < 4.78 is 34.3. The highest BCUT2D eigenvalue weighted by atomic mass is 32.2. The molecule has 0 saturated carbocycles. The fourth-order valence-corrected chi connectivity index (χ4v) is 4.14. The van der Waals surface area contributed by atoms with Crippen molar-refractivity contribution < 1.29 is 32.6 Å². The Labute approximate surface area is 153 Å². The number of carboxylic acid groups (broad SMARTS) is 1. The molecule has 9 heteroatoms. The van der Waals surface area contributed by atoms with Gasteiger partial charge in [-0.25, -0.2) is 8.42 Å². The van der Waals surface area contributed by atoms with E-state index in [1.165, 1.54) is 14.2 Å². The standard InChI is InChI=1S/C17H25NO7S/c1-11(2)9-26(22,23)10-16(19)18-14(8-17(20)21)13-6-5-12(24-3)7-15(13)25-4/h5-7,11,14H,8-10H2,1-4H3,(H,18,19)(H,20,21). The van der Waals surface area contributed by atoms with Crippen LogP contribution in [0.25, 0.3) is 0 Å². The molecule has 8 nitrogen and oxygen atoms in total. The van der Waals surface area contributed by atoms with Gasteiger partial charge in [0.1, 0.15) is 17.3 Å². The summed E-state index contributed by atoms with van der Waals surface area (Å²) in [5.41, 5.74) is 0.422. The topological polar surface area (TPSA) is 119 Å². The number of methoxy groups -OCH3 is 2. The minimum atomic E-state index is -3.57. The summed E-state index contributed by atoms with van der Waals surface area (Å²) in [5, 5.41) is 11.6. The Morgan fingerprint density at radius 1 is 1.19 bits per heavy atom. The second kappa shape index (κ2) is 9.42. The number of aliphatic carboxylic acids is 1. The lowest BCUT2D eigenvalue weighted by Gasteiger charge is -2.20. The first kappa shape index (κ1) is 21.8. The molecule has 1 unspecified atom stereocenters. The van der Waals surface area contributed by atoms with Crippen LogP contribution in [0.2, 0.25) is 0 Å². The molecule has 0 heterocycles. The van der Waals surface area contributed by atoms with Crippen molar-refractivity contribution in [3.8, 4) is 11.5 Å². The van der Waals surface area contributed by atoms with Crippen molar-refractivity contribution in [1.29, 1.82) is 0 Å². The van der Waals surface area contributed by atoms with Gasteiger partial charge in [0.05, 0.1) is 32.4 Å². The molecule has 0 fully saturated rings. The van der Waals surface area contributed by atoms with Gasteiger partial charge in [0.15, 0.2) is 9.84 Å². The summed E-state index contributed by atoms with van der Waals surface area (Å²) in [6, 6.07) is 3.81. The third-order valence-corrected chi connectivity index (χ3v) is 5.34. The number of carbonyl (C=O) groups excluding carboxylic acids is 1. The van der Waals surface area contributed by atoms with E-state index in [-0.39, 0.29) is 11.7 Å². The van der Waals surface area contributed by atoms with Crippen molar-refractivity contribution in [3.63, 3.8) is 0 Å². The third-order valence-electron chi connectivity index (χ3n) is 3.47. The highest BCUT2D eigenvalue weighted by molar-refractivity contribution is 7.92. The summed E-state index contributed by atoms with van der Waals surface area (Å²) in [4.78, 5) is 23.4. The molecule has 0 spiro atoms. The number of rotatable bonds is 10. The summed E-state index contributed by atoms with van der Waals surface area (Å²) in [5.74, 6) is -1.97. The molecule has 0 radical (unpaired) electrons. The third kappa shape index (κ3) is 6.91. The van der Waals surface area contributed by atoms with Crippen molar-refractivity contribution in [2.45, 2.75) is 26.3 Å². The molecule has 0 bridgehead atoms. The van der Waals surface area contributed by atoms with Crippen LogP contribution in [0.3, 0.4) is 0 Å². The lowest BCUT2D eigenvalue weighted by Crippen LogP contribution is -2.36. The number of hydrogen-bond acceptors (Lipinski definition) is 6. The Bertz CT molecular complexity index is 743. The normalized spacial score (nSPS) is 12.5. The van der Waals surface area contributed by atoms with Crippen LogP contribution in [-0.4, -0.2) is 51.1 Å². The molecule has 1 rings (SSSR count). The number of amides is 1. The maximum absolute atomic E-state index is 12.2. The van der Waals surface area contributed by atoms with Crippen molar-refractivity contribution in [2.75, 3.05) is 25.7 Å². The molecule has 1 amide bonds. The largest absolute Gasteiger partial charge is 0.497 e. The summed E-state index contributed by atoms with van der Waals surface area (Å²) in [6.07, 6.45) is -0.418. The van der Waals surface area contributed by atoms with Crippen LogP contribution < -0.4 is 14.8 Å². The molecule has 26 heavy (non-hydrogen) atoms. The van der Waals surface area contributed by atoms with E-state index < -0.39 is 39.9 Å². The van der Waals surface area contributed by atoms with Crippen molar-refractivity contribution in [1.82, 2.24) is 5.32 Å². The smallest absolute Gasteiger partial charge is 0.305 e. The van der Waals surface area contributed by atoms with E-state index >= 15 is 0 Å². The average molecular weight is 387 g/mol. The maximum atomic E-state index is 12.2. The summed E-state index contributed by atoms with van der Waals surface area (Å²) >= 11 is 0. The quantitative estimate of drug-likeness (QED) is 0.623. The minimum absolute atomic E-state index is 0.107. The van der Waals surface area contributed by atoms with E-state index in [9.17, 15) is 18.0 Å². The van der Waals surface area contributed by atoms with Gasteiger partial charge in [-0.1, -0.05) is 13.8 Å². The lowest BCUT2D eigenvalue weighted by molar-refractivity contribution is -0.137. The van der Waals surface area contributed by atoms with Gasteiger partial charge in [-0.2, -0.15) is 0 Å². The van der Waals surface area contributed by atoms with Crippen LogP contribution >= 0.6 is 0 Å². The number of carbonyl (C=O) groups is 2. The Morgan fingerprint density at radius 2 is 1.85 bits per heavy atom. The maximum Gasteiger partial charge on any atom is 0.305 e. The first-order chi connectivity index (χ1) is 12.1. The van der Waals surface area contributed by atoms with Crippen LogP contribution in [-0.2, 0) is 19.4 Å². The predicted molar refractivity (Wildman–Crippen MR) is 96.2 cm³/mol. The van der Waals surface area contributed by atoms with Gasteiger partial charge in [0, 0.05) is 11.6 Å². The Balaban J connectivity index is 3.05. The fourth-order valence-electron chi connectivity index (χ4n) is 2.52. The molecule has 1 aromatic carbocycles. The fraction of sp³-hybridized carbons (Fsp3) is 0.529. The van der Waals surface area contributed by atoms with Gasteiger partial charge < -0.3 is 19.9 Å². The van der Waals surface area contributed by atoms with Crippen LogP contribution in [0.4, 0.5) is 0 Å². The van der Waals surface area contributed by atoms with Gasteiger partial charge in [0.2, 0.25) is 5.91 Å². The van der Waals surface area contributed by atoms with Gasteiger partial charge in [-0.3, -0.25) is 9.59 Å². The first-order valence-corrected chi connectivity index (χ1v) is 9.83. The number of sulfone groups is 1. The highest BCUT2D eigenvalue weighted by Crippen LogP contribution is 2.31.